The first kappa shape index (κ1) is 16.6. The summed E-state index contributed by atoms with van der Waals surface area (Å²) in [6.45, 7) is 3.83. The average Bonchev–Trinajstić information content (AvgIpc) is 2.44. The summed E-state index contributed by atoms with van der Waals surface area (Å²) >= 11 is 2.19. The lowest BCUT2D eigenvalue weighted by Crippen LogP contribution is -2.50. The van der Waals surface area contributed by atoms with E-state index in [9.17, 15) is 9.59 Å². The van der Waals surface area contributed by atoms with E-state index in [1.54, 1.807) is 13.8 Å². The van der Waals surface area contributed by atoms with Crippen LogP contribution in [0.25, 0.3) is 0 Å². The lowest BCUT2D eigenvalue weighted by molar-refractivity contribution is -0.139. The Morgan fingerprint density at radius 1 is 1.41 bits per heavy atom. The standard InChI is InChI=1S/C15H17IN2O4/c1-3-21-14(19)13-9(2)17-15(20)18-12(13)8-22-11-6-4-5-10(16)7-11/h4-7,9H,3,8H2,1-2H3,(H2,17,18,20). The Balaban J connectivity index is 2.20. The van der Waals surface area contributed by atoms with Crippen LogP contribution in [-0.4, -0.2) is 31.3 Å². The molecule has 0 saturated carbocycles. The molecule has 0 radical (unpaired) electrons. The lowest BCUT2D eigenvalue weighted by atomic mass is 10.0. The number of ether oxygens (including phenoxy) is 2. The summed E-state index contributed by atoms with van der Waals surface area (Å²) in [7, 11) is 0. The fraction of sp³-hybridized carbons (Fsp3) is 0.333. The Morgan fingerprint density at radius 2 is 2.18 bits per heavy atom. The molecule has 1 aliphatic rings. The van der Waals surface area contributed by atoms with Gasteiger partial charge < -0.3 is 20.1 Å². The maximum Gasteiger partial charge on any atom is 0.338 e. The molecular weight excluding hydrogens is 399 g/mol. The van der Waals surface area contributed by atoms with Gasteiger partial charge in [-0.05, 0) is 54.6 Å². The molecule has 118 valence electrons. The van der Waals surface area contributed by atoms with Crippen molar-refractivity contribution in [2.45, 2.75) is 19.9 Å². The normalized spacial score (nSPS) is 17.6. The van der Waals surface area contributed by atoms with E-state index in [2.05, 4.69) is 33.2 Å². The topological polar surface area (TPSA) is 76.7 Å². The first-order valence-corrected chi connectivity index (χ1v) is 7.95. The molecule has 2 N–H and O–H groups in total. The van der Waals surface area contributed by atoms with Crippen molar-refractivity contribution in [2.75, 3.05) is 13.2 Å². The Bertz CT molecular complexity index is 615. The Kier molecular flexibility index (Phi) is 5.64. The van der Waals surface area contributed by atoms with Crippen molar-refractivity contribution < 1.29 is 19.1 Å². The van der Waals surface area contributed by atoms with Crippen LogP contribution < -0.4 is 15.4 Å². The van der Waals surface area contributed by atoms with Crippen LogP contribution in [0.5, 0.6) is 5.75 Å². The first-order valence-electron chi connectivity index (χ1n) is 6.87. The fourth-order valence-electron chi connectivity index (χ4n) is 2.11. The van der Waals surface area contributed by atoms with Gasteiger partial charge in [0.2, 0.25) is 0 Å². The number of carbonyl (C=O) groups excluding carboxylic acids is 2. The summed E-state index contributed by atoms with van der Waals surface area (Å²) in [5, 5.41) is 5.26. The number of benzene rings is 1. The van der Waals surface area contributed by atoms with Gasteiger partial charge in [-0.3, -0.25) is 0 Å². The van der Waals surface area contributed by atoms with Crippen LogP contribution in [0.1, 0.15) is 13.8 Å². The van der Waals surface area contributed by atoms with E-state index in [4.69, 9.17) is 9.47 Å². The van der Waals surface area contributed by atoms with Gasteiger partial charge in [-0.1, -0.05) is 6.07 Å². The Labute approximate surface area is 142 Å². The van der Waals surface area contributed by atoms with Gasteiger partial charge in [0, 0.05) is 3.57 Å². The molecule has 0 spiro atoms. The second kappa shape index (κ2) is 7.48. The molecule has 1 aliphatic heterocycles. The zero-order chi connectivity index (χ0) is 16.1. The zero-order valence-electron chi connectivity index (χ0n) is 12.3. The van der Waals surface area contributed by atoms with Crippen LogP contribution in [-0.2, 0) is 9.53 Å². The molecule has 0 aromatic heterocycles. The number of amides is 2. The molecule has 0 fully saturated rings. The highest BCUT2D eigenvalue weighted by Crippen LogP contribution is 2.18. The number of hydrogen-bond donors (Lipinski definition) is 2. The third-order valence-electron chi connectivity index (χ3n) is 3.04. The Hall–Kier alpha value is -1.77. The second-order valence-electron chi connectivity index (χ2n) is 4.68. The minimum absolute atomic E-state index is 0.0893. The number of esters is 1. The quantitative estimate of drug-likeness (QED) is 0.570. The SMILES string of the molecule is CCOC(=O)C1=C(COc2cccc(I)c2)NC(=O)NC1C. The second-order valence-corrected chi connectivity index (χ2v) is 5.92. The van der Waals surface area contributed by atoms with Gasteiger partial charge in [0.15, 0.2) is 0 Å². The maximum atomic E-state index is 12.1. The van der Waals surface area contributed by atoms with Crippen LogP contribution in [0.15, 0.2) is 35.5 Å². The average molecular weight is 416 g/mol. The van der Waals surface area contributed by atoms with Crippen LogP contribution in [0, 0.1) is 3.57 Å². The highest BCUT2D eigenvalue weighted by Gasteiger charge is 2.29. The molecule has 7 heteroatoms. The third-order valence-corrected chi connectivity index (χ3v) is 3.72. The van der Waals surface area contributed by atoms with Gasteiger partial charge in [0.25, 0.3) is 0 Å². The maximum absolute atomic E-state index is 12.1. The monoisotopic (exact) mass is 416 g/mol. The van der Waals surface area contributed by atoms with Crippen LogP contribution >= 0.6 is 22.6 Å². The van der Waals surface area contributed by atoms with Gasteiger partial charge in [0.05, 0.1) is 23.9 Å². The number of rotatable bonds is 5. The van der Waals surface area contributed by atoms with Gasteiger partial charge in [-0.2, -0.15) is 0 Å². The summed E-state index contributed by atoms with van der Waals surface area (Å²) in [6, 6.07) is 6.73. The molecule has 1 atom stereocenters. The van der Waals surface area contributed by atoms with Gasteiger partial charge in [-0.25, -0.2) is 9.59 Å². The van der Waals surface area contributed by atoms with Crippen molar-refractivity contribution in [1.29, 1.82) is 0 Å². The molecule has 6 nitrogen and oxygen atoms in total. The Morgan fingerprint density at radius 3 is 2.86 bits per heavy atom. The summed E-state index contributed by atoms with van der Waals surface area (Å²) < 4.78 is 11.8. The number of urea groups is 1. The van der Waals surface area contributed by atoms with E-state index < -0.39 is 12.0 Å². The molecule has 2 amide bonds. The van der Waals surface area contributed by atoms with E-state index in [1.807, 2.05) is 24.3 Å². The van der Waals surface area contributed by atoms with Crippen molar-refractivity contribution in [3.63, 3.8) is 0 Å². The highest BCUT2D eigenvalue weighted by molar-refractivity contribution is 14.1. The zero-order valence-corrected chi connectivity index (χ0v) is 14.5. The predicted octanol–water partition coefficient (Wildman–Crippen LogP) is 2.19. The van der Waals surface area contributed by atoms with Crippen molar-refractivity contribution in [1.82, 2.24) is 10.6 Å². The molecular formula is C15H17IN2O4. The summed E-state index contributed by atoms with van der Waals surface area (Å²) in [5.41, 5.74) is 0.806. The number of nitrogens with one attached hydrogen (secondary N) is 2. The number of hydrogen-bond acceptors (Lipinski definition) is 4. The molecule has 1 aromatic rings. The summed E-state index contributed by atoms with van der Waals surface area (Å²) in [4.78, 5) is 23.7. The number of halogens is 1. The minimum atomic E-state index is -0.455. The van der Waals surface area contributed by atoms with Crippen LogP contribution in [0.3, 0.4) is 0 Å². The summed E-state index contributed by atoms with van der Waals surface area (Å²) in [6.07, 6.45) is 0. The molecule has 1 aromatic carbocycles. The smallest absolute Gasteiger partial charge is 0.338 e. The minimum Gasteiger partial charge on any atom is -0.487 e. The highest BCUT2D eigenvalue weighted by atomic mass is 127. The predicted molar refractivity (Wildman–Crippen MR) is 89.4 cm³/mol. The molecule has 1 heterocycles. The molecule has 0 saturated heterocycles. The molecule has 0 bridgehead atoms. The fourth-order valence-corrected chi connectivity index (χ4v) is 2.62. The largest absolute Gasteiger partial charge is 0.487 e. The molecule has 22 heavy (non-hydrogen) atoms. The van der Waals surface area contributed by atoms with E-state index in [0.717, 1.165) is 3.57 Å². The molecule has 0 aliphatic carbocycles. The van der Waals surface area contributed by atoms with Crippen molar-refractivity contribution in [3.05, 3.63) is 39.1 Å². The summed E-state index contributed by atoms with van der Waals surface area (Å²) in [5.74, 6) is 0.215. The van der Waals surface area contributed by atoms with Crippen molar-refractivity contribution >= 4 is 34.6 Å². The van der Waals surface area contributed by atoms with Crippen molar-refractivity contribution in [2.24, 2.45) is 0 Å². The third kappa shape index (κ3) is 4.12. The van der Waals surface area contributed by atoms with Gasteiger partial charge >= 0.3 is 12.0 Å². The van der Waals surface area contributed by atoms with Crippen LogP contribution in [0.2, 0.25) is 0 Å². The van der Waals surface area contributed by atoms with Crippen molar-refractivity contribution in [3.8, 4) is 5.75 Å². The van der Waals surface area contributed by atoms with Gasteiger partial charge in [-0.15, -0.1) is 0 Å². The van der Waals surface area contributed by atoms with E-state index in [-0.39, 0.29) is 19.2 Å². The first-order chi connectivity index (χ1) is 10.5. The van der Waals surface area contributed by atoms with Gasteiger partial charge in [0.1, 0.15) is 12.4 Å². The number of carbonyl (C=O) groups is 2. The molecule has 2 rings (SSSR count). The van der Waals surface area contributed by atoms with E-state index in [0.29, 0.717) is 17.0 Å². The molecule has 1 unspecified atom stereocenters. The van der Waals surface area contributed by atoms with E-state index in [1.165, 1.54) is 0 Å². The lowest BCUT2D eigenvalue weighted by Gasteiger charge is -2.26. The van der Waals surface area contributed by atoms with E-state index >= 15 is 0 Å². The van der Waals surface area contributed by atoms with Crippen LogP contribution in [0.4, 0.5) is 4.79 Å².